The van der Waals surface area contributed by atoms with E-state index in [1.165, 1.54) is 18.5 Å². The second-order valence-electron chi connectivity index (χ2n) is 6.92. The van der Waals surface area contributed by atoms with E-state index in [-0.39, 0.29) is 12.1 Å². The van der Waals surface area contributed by atoms with Gasteiger partial charge in [-0.15, -0.1) is 0 Å². The van der Waals surface area contributed by atoms with E-state index in [0.717, 1.165) is 38.3 Å². The molecule has 2 saturated heterocycles. The minimum atomic E-state index is -0.0980. The first-order chi connectivity index (χ1) is 11.1. The van der Waals surface area contributed by atoms with Gasteiger partial charge in [0, 0.05) is 49.6 Å². The molecule has 0 aromatic heterocycles. The van der Waals surface area contributed by atoms with E-state index in [0.29, 0.717) is 6.04 Å². The number of nitrogens with zero attached hydrogens (tertiary/aromatic N) is 2. The molecule has 0 bridgehead atoms. The molecular weight excluding hydrogens is 288 g/mol. The lowest BCUT2D eigenvalue weighted by atomic mass is 10.2. The van der Waals surface area contributed by atoms with E-state index >= 15 is 0 Å². The maximum absolute atomic E-state index is 12.2. The third kappa shape index (κ3) is 4.16. The van der Waals surface area contributed by atoms with Crippen LogP contribution in [0.5, 0.6) is 0 Å². The molecule has 1 aromatic rings. The molecule has 1 aromatic carbocycles. The Morgan fingerprint density at radius 3 is 2.70 bits per heavy atom. The summed E-state index contributed by atoms with van der Waals surface area (Å²) >= 11 is 0. The Kier molecular flexibility index (Phi) is 5.06. The van der Waals surface area contributed by atoms with Gasteiger partial charge in [0.15, 0.2) is 0 Å². The standard InChI is InChI=1S/C18H28N4O/c1-14(2)22-11-8-16(13-22)20-18(23)19-15-6-5-7-17(12-15)21-9-3-4-10-21/h5-7,12,14,16H,3-4,8-11,13H2,1-2H3,(H2,19,20,23)/t16-/m1/s1. The Labute approximate surface area is 139 Å². The van der Waals surface area contributed by atoms with Gasteiger partial charge in [0.1, 0.15) is 0 Å². The van der Waals surface area contributed by atoms with Gasteiger partial charge in [-0.05, 0) is 51.3 Å². The van der Waals surface area contributed by atoms with Crippen molar-refractivity contribution in [3.8, 4) is 0 Å². The van der Waals surface area contributed by atoms with Gasteiger partial charge in [-0.25, -0.2) is 4.79 Å². The first-order valence-electron chi connectivity index (χ1n) is 8.78. The number of rotatable bonds is 4. The Morgan fingerprint density at radius 2 is 2.00 bits per heavy atom. The quantitative estimate of drug-likeness (QED) is 0.898. The minimum Gasteiger partial charge on any atom is -0.371 e. The topological polar surface area (TPSA) is 47.6 Å². The van der Waals surface area contributed by atoms with Gasteiger partial charge >= 0.3 is 6.03 Å². The molecule has 0 unspecified atom stereocenters. The van der Waals surface area contributed by atoms with Crippen molar-refractivity contribution in [2.75, 3.05) is 36.4 Å². The molecule has 0 aliphatic carbocycles. The smallest absolute Gasteiger partial charge is 0.319 e. The van der Waals surface area contributed by atoms with Crippen molar-refractivity contribution in [1.82, 2.24) is 10.2 Å². The number of carbonyl (C=O) groups is 1. The zero-order chi connectivity index (χ0) is 16.2. The molecule has 126 valence electrons. The molecule has 2 fully saturated rings. The van der Waals surface area contributed by atoms with E-state index in [9.17, 15) is 4.79 Å². The molecular formula is C18H28N4O. The lowest BCUT2D eigenvalue weighted by Gasteiger charge is -2.21. The summed E-state index contributed by atoms with van der Waals surface area (Å²) in [6.07, 6.45) is 3.54. The van der Waals surface area contributed by atoms with Crippen LogP contribution in [0.15, 0.2) is 24.3 Å². The number of nitrogens with one attached hydrogen (secondary N) is 2. The first kappa shape index (κ1) is 16.1. The molecule has 0 spiro atoms. The lowest BCUT2D eigenvalue weighted by molar-refractivity contribution is 0.244. The molecule has 2 aliphatic heterocycles. The largest absolute Gasteiger partial charge is 0.371 e. The van der Waals surface area contributed by atoms with Gasteiger partial charge in [-0.1, -0.05) is 6.07 Å². The SMILES string of the molecule is CC(C)N1CC[C@@H](NC(=O)Nc2cccc(N3CCCC3)c2)C1. The van der Waals surface area contributed by atoms with Crippen LogP contribution in [0.2, 0.25) is 0 Å². The summed E-state index contributed by atoms with van der Waals surface area (Å²) in [5, 5.41) is 6.08. The van der Waals surface area contributed by atoms with Gasteiger partial charge in [-0.3, -0.25) is 4.90 Å². The highest BCUT2D eigenvalue weighted by molar-refractivity contribution is 5.90. The molecule has 3 rings (SSSR count). The van der Waals surface area contributed by atoms with E-state index in [2.05, 4.69) is 46.4 Å². The summed E-state index contributed by atoms with van der Waals surface area (Å²) < 4.78 is 0. The number of likely N-dealkylation sites (tertiary alicyclic amines) is 1. The summed E-state index contributed by atoms with van der Waals surface area (Å²) in [7, 11) is 0. The Balaban J connectivity index is 1.53. The maximum Gasteiger partial charge on any atom is 0.319 e. The second kappa shape index (κ2) is 7.21. The summed E-state index contributed by atoms with van der Waals surface area (Å²) in [6.45, 7) is 8.64. The van der Waals surface area contributed by atoms with Crippen molar-refractivity contribution in [2.45, 2.75) is 45.2 Å². The van der Waals surface area contributed by atoms with Crippen LogP contribution < -0.4 is 15.5 Å². The predicted molar refractivity (Wildman–Crippen MR) is 95.2 cm³/mol. The maximum atomic E-state index is 12.2. The zero-order valence-electron chi connectivity index (χ0n) is 14.2. The number of hydrogen-bond acceptors (Lipinski definition) is 3. The fourth-order valence-electron chi connectivity index (χ4n) is 3.48. The number of carbonyl (C=O) groups excluding carboxylic acids is 1. The van der Waals surface area contributed by atoms with Gasteiger partial charge in [0.05, 0.1) is 0 Å². The van der Waals surface area contributed by atoms with Crippen molar-refractivity contribution in [3.05, 3.63) is 24.3 Å². The van der Waals surface area contributed by atoms with Crippen molar-refractivity contribution in [2.24, 2.45) is 0 Å². The molecule has 2 N–H and O–H groups in total. The predicted octanol–water partition coefficient (Wildman–Crippen LogP) is 2.89. The summed E-state index contributed by atoms with van der Waals surface area (Å²) in [5.74, 6) is 0. The highest BCUT2D eigenvalue weighted by atomic mass is 16.2. The number of urea groups is 1. The Hall–Kier alpha value is -1.75. The van der Waals surface area contributed by atoms with Crippen LogP contribution in [-0.4, -0.2) is 49.2 Å². The van der Waals surface area contributed by atoms with Crippen molar-refractivity contribution in [1.29, 1.82) is 0 Å². The van der Waals surface area contributed by atoms with Crippen LogP contribution in [0, 0.1) is 0 Å². The molecule has 1 atom stereocenters. The number of anilines is 2. The molecule has 0 radical (unpaired) electrons. The number of hydrogen-bond donors (Lipinski definition) is 2. The van der Waals surface area contributed by atoms with Crippen LogP contribution in [0.4, 0.5) is 16.2 Å². The van der Waals surface area contributed by atoms with Crippen molar-refractivity contribution < 1.29 is 4.79 Å². The molecule has 5 heteroatoms. The molecule has 2 aliphatic rings. The van der Waals surface area contributed by atoms with Crippen molar-refractivity contribution >= 4 is 17.4 Å². The monoisotopic (exact) mass is 316 g/mol. The van der Waals surface area contributed by atoms with Crippen LogP contribution in [0.25, 0.3) is 0 Å². The molecule has 2 amide bonds. The van der Waals surface area contributed by atoms with Crippen LogP contribution in [0.1, 0.15) is 33.1 Å². The average molecular weight is 316 g/mol. The summed E-state index contributed by atoms with van der Waals surface area (Å²) in [5.41, 5.74) is 2.07. The van der Waals surface area contributed by atoms with E-state index < -0.39 is 0 Å². The van der Waals surface area contributed by atoms with Crippen LogP contribution in [-0.2, 0) is 0 Å². The number of benzene rings is 1. The van der Waals surface area contributed by atoms with Crippen LogP contribution >= 0.6 is 0 Å². The Morgan fingerprint density at radius 1 is 1.22 bits per heavy atom. The van der Waals surface area contributed by atoms with E-state index in [1.807, 2.05) is 12.1 Å². The molecule has 23 heavy (non-hydrogen) atoms. The highest BCUT2D eigenvalue weighted by Crippen LogP contribution is 2.23. The van der Waals surface area contributed by atoms with Gasteiger partial charge in [0.2, 0.25) is 0 Å². The zero-order valence-corrected chi connectivity index (χ0v) is 14.2. The molecule has 2 heterocycles. The van der Waals surface area contributed by atoms with Gasteiger partial charge in [-0.2, -0.15) is 0 Å². The number of amides is 2. The van der Waals surface area contributed by atoms with Crippen molar-refractivity contribution in [3.63, 3.8) is 0 Å². The minimum absolute atomic E-state index is 0.0980. The van der Waals surface area contributed by atoms with Gasteiger partial charge < -0.3 is 15.5 Å². The molecule has 0 saturated carbocycles. The van der Waals surface area contributed by atoms with Crippen LogP contribution in [0.3, 0.4) is 0 Å². The lowest BCUT2D eigenvalue weighted by Crippen LogP contribution is -2.40. The Bertz CT molecular complexity index is 540. The second-order valence-corrected chi connectivity index (χ2v) is 6.92. The third-order valence-corrected chi connectivity index (χ3v) is 4.86. The average Bonchev–Trinajstić information content (AvgIpc) is 3.18. The normalized spacial score (nSPS) is 21.9. The van der Waals surface area contributed by atoms with E-state index in [4.69, 9.17) is 0 Å². The van der Waals surface area contributed by atoms with Gasteiger partial charge in [0.25, 0.3) is 0 Å². The fourth-order valence-corrected chi connectivity index (χ4v) is 3.48. The molecule has 5 nitrogen and oxygen atoms in total. The highest BCUT2D eigenvalue weighted by Gasteiger charge is 2.25. The first-order valence-corrected chi connectivity index (χ1v) is 8.78. The van der Waals surface area contributed by atoms with E-state index in [1.54, 1.807) is 0 Å². The summed E-state index contributed by atoms with van der Waals surface area (Å²) in [4.78, 5) is 17.0. The third-order valence-electron chi connectivity index (χ3n) is 4.86. The fraction of sp³-hybridized carbons (Fsp3) is 0.611. The summed E-state index contributed by atoms with van der Waals surface area (Å²) in [6, 6.07) is 8.85.